The normalized spacial score (nSPS) is 10.6. The third-order valence-corrected chi connectivity index (χ3v) is 2.73. The molecule has 0 amide bonds. The van der Waals surface area contributed by atoms with Crippen LogP contribution in [0.15, 0.2) is 36.8 Å². The van der Waals surface area contributed by atoms with Crippen molar-refractivity contribution < 1.29 is 0 Å². The second kappa shape index (κ2) is 5.49. The maximum Gasteiger partial charge on any atom is 0.0924 e. The van der Waals surface area contributed by atoms with Gasteiger partial charge in [0.1, 0.15) is 0 Å². The number of nitrogens with zero attached hydrogens (tertiary/aromatic N) is 2. The summed E-state index contributed by atoms with van der Waals surface area (Å²) in [5.41, 5.74) is 3.15. The molecule has 18 heavy (non-hydrogen) atoms. The van der Waals surface area contributed by atoms with Crippen molar-refractivity contribution in [1.29, 1.82) is 5.41 Å². The number of rotatable bonds is 5. The molecule has 0 saturated carbocycles. The van der Waals surface area contributed by atoms with Gasteiger partial charge in [0.15, 0.2) is 0 Å². The maximum absolute atomic E-state index is 7.47. The zero-order valence-electron chi connectivity index (χ0n) is 10.7. The van der Waals surface area contributed by atoms with Gasteiger partial charge in [-0.25, -0.2) is 4.98 Å². The highest BCUT2D eigenvalue weighted by Crippen LogP contribution is 2.21. The summed E-state index contributed by atoms with van der Waals surface area (Å²) < 4.78 is 0. The molecule has 0 bridgehead atoms. The van der Waals surface area contributed by atoms with Crippen LogP contribution in [0.4, 0.5) is 5.69 Å². The van der Waals surface area contributed by atoms with Gasteiger partial charge in [0.05, 0.1) is 24.6 Å². The molecule has 0 radical (unpaired) electrons. The van der Waals surface area contributed by atoms with Crippen molar-refractivity contribution in [3.05, 3.63) is 36.8 Å². The summed E-state index contributed by atoms with van der Waals surface area (Å²) in [6, 6.07) is 8.15. The van der Waals surface area contributed by atoms with E-state index in [0.717, 1.165) is 23.5 Å². The summed E-state index contributed by atoms with van der Waals surface area (Å²) >= 11 is 0. The topological polar surface area (TPSA) is 55.8 Å². The molecule has 2 N–H and O–H groups in total. The Balaban J connectivity index is 2.18. The molecule has 0 spiro atoms. The first-order valence-corrected chi connectivity index (χ1v) is 6.06. The molecule has 4 heteroatoms. The van der Waals surface area contributed by atoms with Crippen LogP contribution in [0.5, 0.6) is 0 Å². The van der Waals surface area contributed by atoms with Crippen molar-refractivity contribution in [2.45, 2.75) is 13.8 Å². The van der Waals surface area contributed by atoms with Crippen LogP contribution in [-0.4, -0.2) is 22.9 Å². The van der Waals surface area contributed by atoms with E-state index in [9.17, 15) is 0 Å². The summed E-state index contributed by atoms with van der Waals surface area (Å²) in [5, 5.41) is 7.47. The standard InChI is InChI=1S/C14H18N4/c1-11(2)8-18(9-15)13-5-3-12(4-6-13)14-7-16-10-17-14/h3-7,9-11,15H,8H2,1-2H3,(H,16,17). The van der Waals surface area contributed by atoms with Crippen LogP contribution >= 0.6 is 0 Å². The molecule has 1 heterocycles. The number of hydrogen-bond donors (Lipinski definition) is 2. The van der Waals surface area contributed by atoms with E-state index in [2.05, 4.69) is 23.8 Å². The zero-order chi connectivity index (χ0) is 13.0. The van der Waals surface area contributed by atoms with Crippen molar-refractivity contribution >= 4 is 12.0 Å². The molecular formula is C14H18N4. The first kappa shape index (κ1) is 12.4. The molecule has 1 aromatic heterocycles. The van der Waals surface area contributed by atoms with Crippen molar-refractivity contribution in [1.82, 2.24) is 9.97 Å². The molecule has 0 aliphatic heterocycles. The second-order valence-electron chi connectivity index (χ2n) is 4.69. The Kier molecular flexibility index (Phi) is 3.77. The lowest BCUT2D eigenvalue weighted by Crippen LogP contribution is -2.25. The summed E-state index contributed by atoms with van der Waals surface area (Å²) in [5.74, 6) is 0.527. The van der Waals surface area contributed by atoms with E-state index in [0.29, 0.717) is 5.92 Å². The van der Waals surface area contributed by atoms with Crippen LogP contribution < -0.4 is 4.90 Å². The Morgan fingerprint density at radius 2 is 2.06 bits per heavy atom. The maximum atomic E-state index is 7.47. The van der Waals surface area contributed by atoms with Crippen molar-refractivity contribution in [2.24, 2.45) is 5.92 Å². The summed E-state index contributed by atoms with van der Waals surface area (Å²) in [6.07, 6.45) is 4.86. The lowest BCUT2D eigenvalue weighted by molar-refractivity contribution is 0.660. The average molecular weight is 242 g/mol. The minimum Gasteiger partial charge on any atom is -0.345 e. The van der Waals surface area contributed by atoms with Crippen LogP contribution in [-0.2, 0) is 0 Å². The molecule has 0 fully saturated rings. The van der Waals surface area contributed by atoms with Gasteiger partial charge in [0.25, 0.3) is 0 Å². The van der Waals surface area contributed by atoms with Gasteiger partial charge in [-0.1, -0.05) is 26.0 Å². The highest BCUT2D eigenvalue weighted by molar-refractivity contribution is 5.78. The molecule has 2 aromatic rings. The van der Waals surface area contributed by atoms with Gasteiger partial charge in [-0.2, -0.15) is 0 Å². The van der Waals surface area contributed by atoms with E-state index < -0.39 is 0 Å². The lowest BCUT2D eigenvalue weighted by Gasteiger charge is -2.21. The van der Waals surface area contributed by atoms with E-state index in [1.165, 1.54) is 6.34 Å². The van der Waals surface area contributed by atoms with Crippen molar-refractivity contribution in [2.75, 3.05) is 11.4 Å². The van der Waals surface area contributed by atoms with Crippen LogP contribution in [0.3, 0.4) is 0 Å². The number of anilines is 1. The average Bonchev–Trinajstić information content (AvgIpc) is 2.90. The first-order chi connectivity index (χ1) is 8.70. The molecule has 0 aliphatic carbocycles. The minimum absolute atomic E-state index is 0.527. The van der Waals surface area contributed by atoms with Crippen LogP contribution in [0.25, 0.3) is 11.3 Å². The molecule has 0 atom stereocenters. The minimum atomic E-state index is 0.527. The number of nitrogens with one attached hydrogen (secondary N) is 2. The van der Waals surface area contributed by atoms with E-state index in [-0.39, 0.29) is 0 Å². The fourth-order valence-corrected chi connectivity index (χ4v) is 1.87. The number of H-pyrrole nitrogens is 1. The fraction of sp³-hybridized carbons (Fsp3) is 0.286. The number of aromatic amines is 1. The third kappa shape index (κ3) is 2.77. The molecule has 0 saturated heterocycles. The molecular weight excluding hydrogens is 224 g/mol. The fourth-order valence-electron chi connectivity index (χ4n) is 1.87. The van der Waals surface area contributed by atoms with E-state index in [4.69, 9.17) is 5.41 Å². The van der Waals surface area contributed by atoms with Crippen LogP contribution in [0, 0.1) is 11.3 Å². The largest absolute Gasteiger partial charge is 0.345 e. The number of benzene rings is 1. The van der Waals surface area contributed by atoms with E-state index in [1.807, 2.05) is 29.2 Å². The van der Waals surface area contributed by atoms with Gasteiger partial charge >= 0.3 is 0 Å². The monoisotopic (exact) mass is 242 g/mol. The van der Waals surface area contributed by atoms with E-state index >= 15 is 0 Å². The van der Waals surface area contributed by atoms with Gasteiger partial charge in [0, 0.05) is 12.2 Å². The lowest BCUT2D eigenvalue weighted by atomic mass is 10.1. The van der Waals surface area contributed by atoms with Gasteiger partial charge in [-0.15, -0.1) is 0 Å². The molecule has 0 unspecified atom stereocenters. The Bertz CT molecular complexity index is 485. The van der Waals surface area contributed by atoms with Crippen LogP contribution in [0.1, 0.15) is 13.8 Å². The molecule has 4 nitrogen and oxygen atoms in total. The van der Waals surface area contributed by atoms with Gasteiger partial charge in [0.2, 0.25) is 0 Å². The van der Waals surface area contributed by atoms with Gasteiger partial charge in [-0.3, -0.25) is 5.41 Å². The zero-order valence-corrected chi connectivity index (χ0v) is 10.7. The third-order valence-electron chi connectivity index (χ3n) is 2.73. The Hall–Kier alpha value is -2.10. The second-order valence-corrected chi connectivity index (χ2v) is 4.69. The molecule has 0 aliphatic rings. The summed E-state index contributed by atoms with van der Waals surface area (Å²) in [4.78, 5) is 9.03. The highest BCUT2D eigenvalue weighted by Gasteiger charge is 2.06. The van der Waals surface area contributed by atoms with Crippen molar-refractivity contribution in [3.63, 3.8) is 0 Å². The Labute approximate surface area is 107 Å². The number of imidazole rings is 1. The summed E-state index contributed by atoms with van der Waals surface area (Å²) in [6.45, 7) is 5.15. The smallest absolute Gasteiger partial charge is 0.0924 e. The quantitative estimate of drug-likeness (QED) is 0.625. The van der Waals surface area contributed by atoms with Crippen LogP contribution in [0.2, 0.25) is 0 Å². The first-order valence-electron chi connectivity index (χ1n) is 6.06. The van der Waals surface area contributed by atoms with Gasteiger partial charge in [-0.05, 0) is 23.6 Å². The Morgan fingerprint density at radius 3 is 2.56 bits per heavy atom. The van der Waals surface area contributed by atoms with E-state index in [1.54, 1.807) is 12.5 Å². The molecule has 94 valence electrons. The number of aromatic nitrogens is 2. The van der Waals surface area contributed by atoms with Gasteiger partial charge < -0.3 is 9.88 Å². The Morgan fingerprint density at radius 1 is 1.33 bits per heavy atom. The summed E-state index contributed by atoms with van der Waals surface area (Å²) in [7, 11) is 0. The number of hydrogen-bond acceptors (Lipinski definition) is 2. The predicted octanol–water partition coefficient (Wildman–Crippen LogP) is 3.15. The SMILES string of the molecule is CC(C)CN(C=N)c1ccc(-c2cnc[nH]2)cc1. The van der Waals surface area contributed by atoms with Crippen molar-refractivity contribution in [3.8, 4) is 11.3 Å². The highest BCUT2D eigenvalue weighted by atomic mass is 15.1. The molecule has 2 rings (SSSR count). The predicted molar refractivity (Wildman–Crippen MR) is 75.0 cm³/mol. The molecule has 1 aromatic carbocycles.